The predicted molar refractivity (Wildman–Crippen MR) is 90.3 cm³/mol. The zero-order chi connectivity index (χ0) is 16.4. The summed E-state index contributed by atoms with van der Waals surface area (Å²) >= 11 is 7.23. The molecule has 0 atom stereocenters. The summed E-state index contributed by atoms with van der Waals surface area (Å²) in [6.07, 6.45) is 0. The number of pyridine rings is 1. The van der Waals surface area contributed by atoms with E-state index in [0.29, 0.717) is 26.6 Å². The summed E-state index contributed by atoms with van der Waals surface area (Å²) in [5, 5.41) is 11.3. The Bertz CT molecular complexity index is 977. The highest BCUT2D eigenvalue weighted by Gasteiger charge is 2.12. The number of thioether (sulfide) groups is 1. The van der Waals surface area contributed by atoms with Gasteiger partial charge in [0.05, 0.1) is 5.03 Å². The largest absolute Gasteiger partial charge is 0.315 e. The summed E-state index contributed by atoms with van der Waals surface area (Å²) in [5.74, 6) is 0.173. The molecule has 0 amide bonds. The van der Waals surface area contributed by atoms with Gasteiger partial charge in [-0.15, -0.1) is 11.8 Å². The topological polar surface area (TPSA) is 56.6 Å². The Kier molecular flexibility index (Phi) is 4.37. The first-order valence-corrected chi connectivity index (χ1v) is 8.08. The van der Waals surface area contributed by atoms with Crippen LogP contribution in [0.5, 0.6) is 0 Å². The van der Waals surface area contributed by atoms with Crippen molar-refractivity contribution in [3.05, 3.63) is 74.8 Å². The summed E-state index contributed by atoms with van der Waals surface area (Å²) in [6.45, 7) is 0. The molecular formula is C17H10ClFN2OS. The maximum absolute atomic E-state index is 13.6. The number of nitrogens with one attached hydrogen (secondary N) is 1. The zero-order valence-corrected chi connectivity index (χ0v) is 13.3. The number of halogens is 2. The summed E-state index contributed by atoms with van der Waals surface area (Å²) in [6, 6.07) is 13.3. The molecule has 3 nitrogen and oxygen atoms in total. The molecule has 1 aromatic heterocycles. The van der Waals surface area contributed by atoms with Gasteiger partial charge in [0, 0.05) is 21.5 Å². The number of hydrogen-bond acceptors (Lipinski definition) is 3. The Morgan fingerprint density at radius 3 is 2.61 bits per heavy atom. The molecule has 0 aliphatic carbocycles. The van der Waals surface area contributed by atoms with Gasteiger partial charge >= 0.3 is 0 Å². The lowest BCUT2D eigenvalue weighted by Crippen LogP contribution is -2.11. The lowest BCUT2D eigenvalue weighted by Gasteiger charge is -2.08. The highest BCUT2D eigenvalue weighted by atomic mass is 35.5. The Morgan fingerprint density at radius 2 is 1.91 bits per heavy atom. The first-order valence-electron chi connectivity index (χ1n) is 6.71. The van der Waals surface area contributed by atoms with E-state index in [1.54, 1.807) is 12.1 Å². The quantitative estimate of drug-likeness (QED) is 0.712. The molecule has 0 saturated carbocycles. The van der Waals surface area contributed by atoms with E-state index < -0.39 is 11.4 Å². The van der Waals surface area contributed by atoms with Gasteiger partial charge in [0.1, 0.15) is 17.4 Å². The molecule has 1 heterocycles. The van der Waals surface area contributed by atoms with Gasteiger partial charge in [0.15, 0.2) is 0 Å². The van der Waals surface area contributed by atoms with Crippen molar-refractivity contribution in [3.8, 4) is 6.07 Å². The van der Waals surface area contributed by atoms with Crippen molar-refractivity contribution < 1.29 is 4.39 Å². The van der Waals surface area contributed by atoms with Gasteiger partial charge in [-0.25, -0.2) is 4.39 Å². The molecule has 114 valence electrons. The van der Waals surface area contributed by atoms with E-state index in [1.165, 1.54) is 30.0 Å². The Balaban J connectivity index is 2.03. The van der Waals surface area contributed by atoms with E-state index in [9.17, 15) is 9.18 Å². The van der Waals surface area contributed by atoms with Crippen LogP contribution in [0.4, 0.5) is 4.39 Å². The van der Waals surface area contributed by atoms with Crippen molar-refractivity contribution in [3.63, 3.8) is 0 Å². The van der Waals surface area contributed by atoms with Gasteiger partial charge in [0.2, 0.25) is 0 Å². The number of nitrogens with zero attached hydrogens (tertiary/aromatic N) is 1. The average molecular weight is 345 g/mol. The molecule has 0 fully saturated rings. The molecule has 6 heteroatoms. The van der Waals surface area contributed by atoms with E-state index in [2.05, 4.69) is 4.98 Å². The Morgan fingerprint density at radius 1 is 1.17 bits per heavy atom. The summed E-state index contributed by atoms with van der Waals surface area (Å²) in [4.78, 5) is 14.7. The monoisotopic (exact) mass is 344 g/mol. The van der Waals surface area contributed by atoms with Crippen LogP contribution in [0.15, 0.2) is 52.3 Å². The van der Waals surface area contributed by atoms with Crippen LogP contribution in [0.25, 0.3) is 10.8 Å². The molecule has 0 bridgehead atoms. The number of nitriles is 1. The molecule has 0 spiro atoms. The number of aromatic nitrogens is 1. The van der Waals surface area contributed by atoms with Crippen molar-refractivity contribution in [2.24, 2.45) is 0 Å². The number of hydrogen-bond donors (Lipinski definition) is 1. The first kappa shape index (κ1) is 15.6. The number of aromatic amines is 1. The van der Waals surface area contributed by atoms with Crippen molar-refractivity contribution >= 4 is 34.1 Å². The van der Waals surface area contributed by atoms with Crippen LogP contribution < -0.4 is 5.56 Å². The third kappa shape index (κ3) is 3.24. The predicted octanol–water partition coefficient (Wildman–Crippen LogP) is 4.48. The van der Waals surface area contributed by atoms with Crippen molar-refractivity contribution in [1.29, 1.82) is 5.26 Å². The SMILES string of the molecule is N#Cc1c(=O)[nH]c(SCc2ccc(Cl)cc2)c2cc(F)ccc12. The van der Waals surface area contributed by atoms with E-state index in [-0.39, 0.29) is 5.56 Å². The lowest BCUT2D eigenvalue weighted by atomic mass is 10.1. The minimum absolute atomic E-state index is 0.00385. The number of rotatable bonds is 3. The van der Waals surface area contributed by atoms with Crippen molar-refractivity contribution in [2.75, 3.05) is 0 Å². The standard InChI is InChI=1S/C17H10ClFN2OS/c18-11-3-1-10(2-4-11)9-23-17-14-7-12(19)5-6-13(14)15(8-20)16(22)21-17/h1-7H,9H2,(H,21,22). The minimum Gasteiger partial charge on any atom is -0.315 e. The molecule has 0 unspecified atom stereocenters. The second-order valence-electron chi connectivity index (χ2n) is 4.88. The van der Waals surface area contributed by atoms with Crippen LogP contribution in [0.3, 0.4) is 0 Å². The highest BCUT2D eigenvalue weighted by Crippen LogP contribution is 2.29. The summed E-state index contributed by atoms with van der Waals surface area (Å²) < 4.78 is 13.6. The highest BCUT2D eigenvalue weighted by molar-refractivity contribution is 7.98. The molecule has 3 rings (SSSR count). The Labute approximate surface area is 140 Å². The molecule has 0 aliphatic heterocycles. The van der Waals surface area contributed by atoms with Crippen molar-refractivity contribution in [2.45, 2.75) is 10.8 Å². The third-order valence-electron chi connectivity index (χ3n) is 3.36. The number of fused-ring (bicyclic) bond motifs is 1. The smallest absolute Gasteiger partial charge is 0.267 e. The minimum atomic E-state index is -0.467. The van der Waals surface area contributed by atoms with Crippen LogP contribution in [-0.4, -0.2) is 4.98 Å². The van der Waals surface area contributed by atoms with Crippen LogP contribution in [0.1, 0.15) is 11.1 Å². The van der Waals surface area contributed by atoms with E-state index in [4.69, 9.17) is 16.9 Å². The van der Waals surface area contributed by atoms with Gasteiger partial charge in [0.25, 0.3) is 5.56 Å². The summed E-state index contributed by atoms with van der Waals surface area (Å²) in [5.41, 5.74) is 0.551. The van der Waals surface area contributed by atoms with Gasteiger partial charge in [-0.3, -0.25) is 4.79 Å². The van der Waals surface area contributed by atoms with Gasteiger partial charge in [-0.05, 0) is 35.9 Å². The summed E-state index contributed by atoms with van der Waals surface area (Å²) in [7, 11) is 0. The fourth-order valence-corrected chi connectivity index (χ4v) is 3.36. The number of H-pyrrole nitrogens is 1. The second kappa shape index (κ2) is 6.45. The molecule has 3 aromatic rings. The average Bonchev–Trinajstić information content (AvgIpc) is 2.54. The normalized spacial score (nSPS) is 10.7. The zero-order valence-electron chi connectivity index (χ0n) is 11.8. The van der Waals surface area contributed by atoms with Crippen LogP contribution in [0, 0.1) is 17.1 Å². The van der Waals surface area contributed by atoms with E-state index in [0.717, 1.165) is 5.56 Å². The van der Waals surface area contributed by atoms with Crippen LogP contribution in [0.2, 0.25) is 5.02 Å². The molecule has 0 aliphatic rings. The molecule has 0 radical (unpaired) electrons. The van der Waals surface area contributed by atoms with E-state index >= 15 is 0 Å². The first-order chi connectivity index (χ1) is 11.1. The molecule has 1 N–H and O–H groups in total. The van der Waals surface area contributed by atoms with E-state index in [1.807, 2.05) is 18.2 Å². The van der Waals surface area contributed by atoms with Gasteiger partial charge in [-0.1, -0.05) is 23.7 Å². The molecule has 2 aromatic carbocycles. The fraction of sp³-hybridized carbons (Fsp3) is 0.0588. The van der Waals surface area contributed by atoms with Gasteiger partial charge < -0.3 is 4.98 Å². The lowest BCUT2D eigenvalue weighted by molar-refractivity contribution is 0.629. The van der Waals surface area contributed by atoms with Crippen molar-refractivity contribution in [1.82, 2.24) is 4.98 Å². The molecule has 23 heavy (non-hydrogen) atoms. The second-order valence-corrected chi connectivity index (χ2v) is 6.30. The Hall–Kier alpha value is -2.29. The van der Waals surface area contributed by atoms with Crippen LogP contribution >= 0.6 is 23.4 Å². The number of benzene rings is 2. The molecular weight excluding hydrogens is 335 g/mol. The van der Waals surface area contributed by atoms with Crippen LogP contribution in [-0.2, 0) is 5.75 Å². The maximum Gasteiger partial charge on any atom is 0.267 e. The van der Waals surface area contributed by atoms with Gasteiger partial charge in [-0.2, -0.15) is 5.26 Å². The molecule has 0 saturated heterocycles. The third-order valence-corrected chi connectivity index (χ3v) is 4.70. The maximum atomic E-state index is 13.6. The fourth-order valence-electron chi connectivity index (χ4n) is 2.24.